The van der Waals surface area contributed by atoms with E-state index in [9.17, 15) is 4.79 Å². The summed E-state index contributed by atoms with van der Waals surface area (Å²) in [6.07, 6.45) is 9.48. The van der Waals surface area contributed by atoms with Crippen molar-refractivity contribution >= 4 is 11.7 Å². The summed E-state index contributed by atoms with van der Waals surface area (Å²) < 4.78 is 0. The molecule has 1 aromatic carbocycles. The first kappa shape index (κ1) is 19.9. The Labute approximate surface area is 174 Å². The number of carbonyl (C=O) groups excluding carboxylic acids is 1. The van der Waals surface area contributed by atoms with E-state index >= 15 is 0 Å². The molecule has 0 radical (unpaired) electrons. The van der Waals surface area contributed by atoms with E-state index in [2.05, 4.69) is 44.4 Å². The Hall–Kier alpha value is -2.40. The lowest BCUT2D eigenvalue weighted by atomic mass is 10.1. The van der Waals surface area contributed by atoms with Crippen LogP contribution in [0.4, 0.5) is 5.82 Å². The normalized spacial score (nSPS) is 17.9. The highest BCUT2D eigenvalue weighted by Gasteiger charge is 2.20. The van der Waals surface area contributed by atoms with Gasteiger partial charge in [-0.25, -0.2) is 4.98 Å². The second-order valence-electron chi connectivity index (χ2n) is 8.26. The van der Waals surface area contributed by atoms with Gasteiger partial charge >= 0.3 is 0 Å². The number of anilines is 1. The minimum absolute atomic E-state index is 0.0476. The molecule has 154 valence electrons. The van der Waals surface area contributed by atoms with E-state index in [0.717, 1.165) is 31.0 Å². The largest absolute Gasteiger partial charge is 0.356 e. The van der Waals surface area contributed by atoms with Crippen molar-refractivity contribution < 1.29 is 4.79 Å². The van der Waals surface area contributed by atoms with Crippen LogP contribution in [0.15, 0.2) is 42.6 Å². The molecule has 2 aliphatic rings. The minimum atomic E-state index is -0.0476. The first-order valence-corrected chi connectivity index (χ1v) is 11.1. The monoisotopic (exact) mass is 392 g/mol. The Kier molecular flexibility index (Phi) is 6.78. The fourth-order valence-electron chi connectivity index (χ4n) is 4.35. The Morgan fingerprint density at radius 1 is 0.862 bits per heavy atom. The van der Waals surface area contributed by atoms with Gasteiger partial charge in [0.1, 0.15) is 5.82 Å². The lowest BCUT2D eigenvalue weighted by Gasteiger charge is -2.20. The zero-order valence-electron chi connectivity index (χ0n) is 17.3. The third-order valence-corrected chi connectivity index (χ3v) is 6.02. The molecule has 2 fully saturated rings. The third-order valence-electron chi connectivity index (χ3n) is 6.02. The van der Waals surface area contributed by atoms with Gasteiger partial charge in [0.25, 0.3) is 5.91 Å². The van der Waals surface area contributed by atoms with Crippen molar-refractivity contribution in [2.45, 2.75) is 51.6 Å². The molecular formula is C24H32N4O. The predicted octanol–water partition coefficient (Wildman–Crippen LogP) is 3.99. The van der Waals surface area contributed by atoms with Crippen molar-refractivity contribution in [2.75, 3.05) is 31.1 Å². The number of nitrogens with one attached hydrogen (secondary N) is 1. The summed E-state index contributed by atoms with van der Waals surface area (Å²) in [5, 5.41) is 3.07. The average molecular weight is 393 g/mol. The number of pyridine rings is 1. The van der Waals surface area contributed by atoms with E-state index in [-0.39, 0.29) is 5.91 Å². The molecule has 0 aliphatic carbocycles. The predicted molar refractivity (Wildman–Crippen MR) is 117 cm³/mol. The highest BCUT2D eigenvalue weighted by atomic mass is 16.1. The van der Waals surface area contributed by atoms with E-state index in [4.69, 9.17) is 0 Å². The molecule has 0 spiro atoms. The van der Waals surface area contributed by atoms with Gasteiger partial charge in [-0.1, -0.05) is 37.1 Å². The van der Waals surface area contributed by atoms with Crippen LogP contribution < -0.4 is 10.2 Å². The summed E-state index contributed by atoms with van der Waals surface area (Å²) in [6, 6.07) is 12.4. The lowest BCUT2D eigenvalue weighted by Crippen LogP contribution is -2.28. The van der Waals surface area contributed by atoms with Crippen LogP contribution in [0.1, 0.15) is 60.0 Å². The zero-order chi connectivity index (χ0) is 19.9. The Bertz CT molecular complexity index is 791. The summed E-state index contributed by atoms with van der Waals surface area (Å²) >= 11 is 0. The third kappa shape index (κ3) is 5.36. The van der Waals surface area contributed by atoms with Crippen LogP contribution in [-0.4, -0.2) is 42.0 Å². The molecule has 5 nitrogen and oxygen atoms in total. The number of rotatable bonds is 6. The second-order valence-corrected chi connectivity index (χ2v) is 8.26. The first-order valence-electron chi connectivity index (χ1n) is 11.1. The first-order chi connectivity index (χ1) is 14.3. The molecule has 0 saturated carbocycles. The summed E-state index contributed by atoms with van der Waals surface area (Å²) in [4.78, 5) is 22.0. The van der Waals surface area contributed by atoms with E-state index in [1.54, 1.807) is 6.20 Å². The van der Waals surface area contributed by atoms with Gasteiger partial charge in [0.05, 0.1) is 5.56 Å². The van der Waals surface area contributed by atoms with Crippen LogP contribution in [-0.2, 0) is 13.1 Å². The molecule has 2 aromatic rings. The van der Waals surface area contributed by atoms with Crippen LogP contribution in [0, 0.1) is 0 Å². The molecular weight excluding hydrogens is 360 g/mol. The maximum atomic E-state index is 12.8. The molecule has 0 unspecified atom stereocenters. The molecule has 3 heterocycles. The summed E-state index contributed by atoms with van der Waals surface area (Å²) in [5.74, 6) is 0.768. The van der Waals surface area contributed by atoms with Gasteiger partial charge in [0, 0.05) is 32.4 Å². The molecule has 1 amide bonds. The summed E-state index contributed by atoms with van der Waals surface area (Å²) in [7, 11) is 0. The van der Waals surface area contributed by atoms with Gasteiger partial charge < -0.3 is 10.2 Å². The van der Waals surface area contributed by atoms with E-state index in [1.165, 1.54) is 57.2 Å². The standard InChI is InChI=1S/C24H32N4O/c29-24(22-8-7-13-25-23(22)28-16-5-6-17-28)26-18-20-9-11-21(12-10-20)19-27-14-3-1-2-4-15-27/h7-13H,1-6,14-19H2,(H,26,29). The van der Waals surface area contributed by atoms with Crippen LogP contribution in [0.3, 0.4) is 0 Å². The number of hydrogen-bond acceptors (Lipinski definition) is 4. The van der Waals surface area contributed by atoms with Crippen LogP contribution in [0.2, 0.25) is 0 Å². The maximum Gasteiger partial charge on any atom is 0.255 e. The molecule has 0 atom stereocenters. The van der Waals surface area contributed by atoms with Gasteiger partial charge in [0.15, 0.2) is 0 Å². The fourth-order valence-corrected chi connectivity index (χ4v) is 4.35. The van der Waals surface area contributed by atoms with Crippen molar-refractivity contribution in [1.82, 2.24) is 15.2 Å². The summed E-state index contributed by atoms with van der Waals surface area (Å²) in [6.45, 7) is 5.95. The smallest absolute Gasteiger partial charge is 0.255 e. The van der Waals surface area contributed by atoms with Crippen LogP contribution >= 0.6 is 0 Å². The minimum Gasteiger partial charge on any atom is -0.356 e. The molecule has 2 saturated heterocycles. The average Bonchev–Trinajstić information content (AvgIpc) is 3.18. The van der Waals surface area contributed by atoms with Crippen LogP contribution in [0.25, 0.3) is 0 Å². The quantitative estimate of drug-likeness (QED) is 0.808. The number of carbonyl (C=O) groups is 1. The lowest BCUT2D eigenvalue weighted by molar-refractivity contribution is 0.0951. The Balaban J connectivity index is 1.33. The molecule has 29 heavy (non-hydrogen) atoms. The second kappa shape index (κ2) is 9.88. The number of benzene rings is 1. The van der Waals surface area contributed by atoms with E-state index in [1.807, 2.05) is 12.1 Å². The Morgan fingerprint density at radius 3 is 2.24 bits per heavy atom. The maximum absolute atomic E-state index is 12.8. The fraction of sp³-hybridized carbons (Fsp3) is 0.500. The molecule has 4 rings (SSSR count). The number of amides is 1. The van der Waals surface area contributed by atoms with Gasteiger partial charge in [-0.2, -0.15) is 0 Å². The summed E-state index contributed by atoms with van der Waals surface area (Å²) in [5.41, 5.74) is 3.15. The van der Waals surface area contributed by atoms with Gasteiger partial charge in [0.2, 0.25) is 0 Å². The molecule has 2 aliphatic heterocycles. The molecule has 1 N–H and O–H groups in total. The van der Waals surface area contributed by atoms with Crippen molar-refractivity contribution in [3.63, 3.8) is 0 Å². The number of hydrogen-bond donors (Lipinski definition) is 1. The number of likely N-dealkylation sites (tertiary alicyclic amines) is 1. The van der Waals surface area contributed by atoms with E-state index < -0.39 is 0 Å². The molecule has 5 heteroatoms. The highest BCUT2D eigenvalue weighted by Crippen LogP contribution is 2.22. The topological polar surface area (TPSA) is 48.5 Å². The van der Waals surface area contributed by atoms with E-state index in [0.29, 0.717) is 12.1 Å². The van der Waals surface area contributed by atoms with Gasteiger partial charge in [-0.3, -0.25) is 9.69 Å². The molecule has 0 bridgehead atoms. The van der Waals surface area contributed by atoms with Crippen molar-refractivity contribution in [1.29, 1.82) is 0 Å². The van der Waals surface area contributed by atoms with Crippen molar-refractivity contribution in [3.05, 3.63) is 59.3 Å². The molecule has 1 aromatic heterocycles. The van der Waals surface area contributed by atoms with Gasteiger partial charge in [-0.05, 0) is 62.0 Å². The highest BCUT2D eigenvalue weighted by molar-refractivity contribution is 5.98. The zero-order valence-corrected chi connectivity index (χ0v) is 17.3. The van der Waals surface area contributed by atoms with Gasteiger partial charge in [-0.15, -0.1) is 0 Å². The SMILES string of the molecule is O=C(NCc1ccc(CN2CCCCCC2)cc1)c1cccnc1N1CCCC1. The Morgan fingerprint density at radius 2 is 1.52 bits per heavy atom. The number of aromatic nitrogens is 1. The van der Waals surface area contributed by atoms with Crippen molar-refractivity contribution in [2.24, 2.45) is 0 Å². The number of nitrogens with zero attached hydrogens (tertiary/aromatic N) is 3. The van der Waals surface area contributed by atoms with Crippen LogP contribution in [0.5, 0.6) is 0 Å². The van der Waals surface area contributed by atoms with Crippen molar-refractivity contribution in [3.8, 4) is 0 Å².